The Labute approximate surface area is 102 Å². The van der Waals surface area contributed by atoms with Crippen LogP contribution >= 0.6 is 0 Å². The number of hydrogen-bond acceptors (Lipinski definition) is 1. The van der Waals surface area contributed by atoms with Crippen molar-refractivity contribution in [3.8, 4) is 0 Å². The molecule has 0 saturated heterocycles. The van der Waals surface area contributed by atoms with E-state index >= 15 is 0 Å². The quantitative estimate of drug-likeness (QED) is 0.524. The average molecular weight is 253 g/mol. The van der Waals surface area contributed by atoms with Crippen molar-refractivity contribution in [2.45, 2.75) is 59.3 Å². The normalized spacial score (nSPS) is 6.86. The van der Waals surface area contributed by atoms with Gasteiger partial charge in [0.1, 0.15) is 0 Å². The number of rotatable bonds is 3. The van der Waals surface area contributed by atoms with Gasteiger partial charge in [0.2, 0.25) is 0 Å². The van der Waals surface area contributed by atoms with Gasteiger partial charge in [0, 0.05) is 0 Å². The van der Waals surface area contributed by atoms with Gasteiger partial charge in [-0.3, -0.25) is 0 Å². The Kier molecular flexibility index (Phi) is 85.8. The molecule has 0 aromatic carbocycles. The SMILES string of the molecule is [CH2-]CCC.[CH2-]CCC.[CH2-]CCC.[O]=[Zn]. The van der Waals surface area contributed by atoms with Gasteiger partial charge in [0.25, 0.3) is 0 Å². The van der Waals surface area contributed by atoms with Crippen molar-refractivity contribution in [1.29, 1.82) is 0 Å². The Hall–Kier alpha value is 0.423. The fourth-order valence-electron chi connectivity index (χ4n) is 0. The summed E-state index contributed by atoms with van der Waals surface area (Å²) in [6, 6.07) is 0. The van der Waals surface area contributed by atoms with Crippen molar-refractivity contribution in [1.82, 2.24) is 0 Å². The first-order valence-corrected chi connectivity index (χ1v) is 6.62. The maximum absolute atomic E-state index is 8.38. The molecule has 0 saturated carbocycles. The topological polar surface area (TPSA) is 17.1 Å². The van der Waals surface area contributed by atoms with E-state index in [1.165, 1.54) is 19.3 Å². The van der Waals surface area contributed by atoms with Crippen LogP contribution in [0.25, 0.3) is 0 Å². The second-order valence-electron chi connectivity index (χ2n) is 2.56. The van der Waals surface area contributed by atoms with E-state index in [-0.39, 0.29) is 18.3 Å². The summed E-state index contributed by atoms with van der Waals surface area (Å²) >= 11 is 0.125. The molecule has 2 heteroatoms. The van der Waals surface area contributed by atoms with Crippen LogP contribution < -0.4 is 0 Å². The van der Waals surface area contributed by atoms with Crippen LogP contribution in [0.2, 0.25) is 0 Å². The van der Waals surface area contributed by atoms with Crippen molar-refractivity contribution in [2.75, 3.05) is 0 Å². The first kappa shape index (κ1) is 23.9. The summed E-state index contributed by atoms with van der Waals surface area (Å²) < 4.78 is 8.38. The monoisotopic (exact) mass is 251 g/mol. The molecule has 0 radical (unpaired) electrons. The fraction of sp³-hybridized carbons (Fsp3) is 0.750. The van der Waals surface area contributed by atoms with Gasteiger partial charge < -0.3 is 20.8 Å². The van der Waals surface area contributed by atoms with Crippen LogP contribution in [0, 0.1) is 20.8 Å². The molecule has 0 aliphatic carbocycles. The number of hydrogen-bond donors (Lipinski definition) is 0. The predicted octanol–water partition coefficient (Wildman–Crippen LogP) is 4.74. The van der Waals surface area contributed by atoms with Crippen LogP contribution in [-0.4, -0.2) is 0 Å². The van der Waals surface area contributed by atoms with Crippen molar-refractivity contribution in [2.24, 2.45) is 0 Å². The summed E-state index contributed by atoms with van der Waals surface area (Å²) in [5.41, 5.74) is 0. The predicted molar refractivity (Wildman–Crippen MR) is 61.5 cm³/mol. The van der Waals surface area contributed by atoms with Gasteiger partial charge in [-0.25, -0.2) is 0 Å². The van der Waals surface area contributed by atoms with Crippen LogP contribution in [0.5, 0.6) is 0 Å². The standard InChI is InChI=1S/3C4H9.O.Zn/c3*1-3-4-2;;/h3*1,3-4H2,2H3;;/q3*-1;;. The molecule has 0 rings (SSSR count). The number of unbranched alkanes of at least 4 members (excludes halogenated alkanes) is 3. The first-order chi connectivity index (χ1) is 6.74. The Morgan fingerprint density at radius 2 is 0.786 bits per heavy atom. The van der Waals surface area contributed by atoms with Crippen molar-refractivity contribution in [3.05, 3.63) is 20.8 Å². The molecule has 0 aromatic heterocycles. The van der Waals surface area contributed by atoms with Crippen molar-refractivity contribution >= 4 is 0 Å². The van der Waals surface area contributed by atoms with Crippen LogP contribution in [0.15, 0.2) is 0 Å². The molecule has 0 unspecified atom stereocenters. The zero-order chi connectivity index (χ0) is 12.2. The molecule has 0 bridgehead atoms. The molecule has 1 nitrogen and oxygen atoms in total. The van der Waals surface area contributed by atoms with Crippen LogP contribution in [0.1, 0.15) is 59.3 Å². The molecule has 0 fully saturated rings. The maximum atomic E-state index is 8.38. The molecule has 0 heterocycles. The van der Waals surface area contributed by atoms with E-state index in [9.17, 15) is 0 Å². The zero-order valence-corrected chi connectivity index (χ0v) is 13.4. The Morgan fingerprint density at radius 3 is 0.786 bits per heavy atom. The van der Waals surface area contributed by atoms with E-state index in [1.807, 2.05) is 0 Å². The molecule has 0 aliphatic heterocycles. The van der Waals surface area contributed by atoms with E-state index in [1.54, 1.807) is 0 Å². The summed E-state index contributed by atoms with van der Waals surface area (Å²) in [7, 11) is 0. The molecule has 0 aliphatic rings. The molecule has 0 aromatic rings. The molecule has 0 amide bonds. The van der Waals surface area contributed by atoms with Gasteiger partial charge in [-0.15, -0.1) is 0 Å². The Bertz CT molecular complexity index is 34.1. The van der Waals surface area contributed by atoms with E-state index in [4.69, 9.17) is 3.57 Å². The second-order valence-corrected chi connectivity index (χ2v) is 2.56. The Morgan fingerprint density at radius 1 is 0.714 bits per heavy atom. The van der Waals surface area contributed by atoms with Crippen LogP contribution in [0.4, 0.5) is 0 Å². The molecule has 86 valence electrons. The third kappa shape index (κ3) is 138. The Balaban J connectivity index is -0.0000000492. The van der Waals surface area contributed by atoms with E-state index in [0.717, 1.165) is 19.3 Å². The van der Waals surface area contributed by atoms with E-state index in [2.05, 4.69) is 41.5 Å². The van der Waals surface area contributed by atoms with Crippen molar-refractivity contribution < 1.29 is 21.8 Å². The average Bonchev–Trinajstić information content (AvgIpc) is 2.31. The van der Waals surface area contributed by atoms with Gasteiger partial charge in [0.15, 0.2) is 0 Å². The van der Waals surface area contributed by atoms with Crippen LogP contribution in [0.3, 0.4) is 0 Å². The fourth-order valence-corrected chi connectivity index (χ4v) is 0. The summed E-state index contributed by atoms with van der Waals surface area (Å²) in [6.07, 6.45) is 6.83. The minimum atomic E-state index is 0.125. The summed E-state index contributed by atoms with van der Waals surface area (Å²) in [4.78, 5) is 0. The van der Waals surface area contributed by atoms with Gasteiger partial charge in [0.05, 0.1) is 0 Å². The summed E-state index contributed by atoms with van der Waals surface area (Å²) in [5.74, 6) is 0. The minimum absolute atomic E-state index is 0.125. The van der Waals surface area contributed by atoms with Gasteiger partial charge in [-0.05, 0) is 0 Å². The van der Waals surface area contributed by atoms with Gasteiger partial charge in [-0.1, -0.05) is 40.0 Å². The van der Waals surface area contributed by atoms with Gasteiger partial charge >= 0.3 is 21.8 Å². The third-order valence-corrected chi connectivity index (χ3v) is 1.06. The molecule has 14 heavy (non-hydrogen) atoms. The van der Waals surface area contributed by atoms with Crippen molar-refractivity contribution in [3.63, 3.8) is 0 Å². The molecular formula is C12H27OZn-3. The first-order valence-electron chi connectivity index (χ1n) is 5.41. The van der Waals surface area contributed by atoms with Gasteiger partial charge in [-0.2, -0.15) is 19.3 Å². The summed E-state index contributed by atoms with van der Waals surface area (Å²) in [6.45, 7) is 17.2. The molecule has 0 spiro atoms. The van der Waals surface area contributed by atoms with E-state index in [0.29, 0.717) is 0 Å². The zero-order valence-electron chi connectivity index (χ0n) is 10.5. The third-order valence-electron chi connectivity index (χ3n) is 1.06. The molecule has 0 atom stereocenters. The molecule has 0 N–H and O–H groups in total. The summed E-state index contributed by atoms with van der Waals surface area (Å²) in [5, 5.41) is 0. The molecular weight excluding hydrogens is 226 g/mol. The van der Waals surface area contributed by atoms with E-state index < -0.39 is 0 Å². The van der Waals surface area contributed by atoms with Crippen LogP contribution in [-0.2, 0) is 21.8 Å². The second kappa shape index (κ2) is 50.2.